The van der Waals surface area contributed by atoms with Crippen molar-refractivity contribution < 1.29 is 14.7 Å². The fourth-order valence-electron chi connectivity index (χ4n) is 2.59. The van der Waals surface area contributed by atoms with Gasteiger partial charge < -0.3 is 14.9 Å². The molecule has 1 aliphatic heterocycles. The number of hydrogen-bond acceptors (Lipinski definition) is 3. The van der Waals surface area contributed by atoms with E-state index in [4.69, 9.17) is 0 Å². The Kier molecular flexibility index (Phi) is 4.73. The molecule has 0 saturated carbocycles. The van der Waals surface area contributed by atoms with Crippen LogP contribution in [-0.2, 0) is 9.59 Å². The van der Waals surface area contributed by atoms with Crippen LogP contribution in [0, 0.1) is 5.41 Å². The monoisotopic (exact) mass is 256 g/mol. The number of piperidine rings is 1. The third-order valence-electron chi connectivity index (χ3n) is 3.60. The fraction of sp³-hybridized carbons (Fsp3) is 0.846. The van der Waals surface area contributed by atoms with Gasteiger partial charge in [-0.05, 0) is 32.4 Å². The molecule has 1 atom stereocenters. The fourth-order valence-corrected chi connectivity index (χ4v) is 2.59. The van der Waals surface area contributed by atoms with E-state index in [1.54, 1.807) is 4.90 Å². The smallest absolute Gasteiger partial charge is 0.326 e. The van der Waals surface area contributed by atoms with Crippen molar-refractivity contribution in [2.45, 2.75) is 39.2 Å². The van der Waals surface area contributed by atoms with Crippen LogP contribution in [-0.4, -0.2) is 60.0 Å². The van der Waals surface area contributed by atoms with Crippen molar-refractivity contribution in [3.05, 3.63) is 0 Å². The van der Waals surface area contributed by atoms with Gasteiger partial charge >= 0.3 is 5.97 Å². The van der Waals surface area contributed by atoms with Gasteiger partial charge in [0.05, 0.1) is 0 Å². The van der Waals surface area contributed by atoms with Crippen LogP contribution in [0.3, 0.4) is 0 Å². The summed E-state index contributed by atoms with van der Waals surface area (Å²) in [6.45, 7) is 5.07. The number of carbonyl (C=O) groups is 2. The molecule has 0 radical (unpaired) electrons. The van der Waals surface area contributed by atoms with E-state index >= 15 is 0 Å². The highest BCUT2D eigenvalue weighted by atomic mass is 16.4. The lowest BCUT2D eigenvalue weighted by atomic mass is 9.76. The SMILES string of the molecule is CN(C)CCC(=O)N1CCCC(C)(C)C1C(=O)O. The molecule has 0 spiro atoms. The molecule has 5 heteroatoms. The van der Waals surface area contributed by atoms with Gasteiger partial charge in [-0.3, -0.25) is 4.79 Å². The van der Waals surface area contributed by atoms with Gasteiger partial charge in [-0.1, -0.05) is 13.8 Å². The van der Waals surface area contributed by atoms with Crippen LogP contribution in [0.1, 0.15) is 33.1 Å². The number of amides is 1. The second-order valence-electron chi connectivity index (χ2n) is 5.97. The Labute approximate surface area is 109 Å². The van der Waals surface area contributed by atoms with E-state index in [0.29, 0.717) is 19.5 Å². The molecule has 0 aromatic heterocycles. The zero-order valence-electron chi connectivity index (χ0n) is 11.8. The van der Waals surface area contributed by atoms with Crippen LogP contribution in [0.4, 0.5) is 0 Å². The average Bonchev–Trinajstić information content (AvgIpc) is 2.23. The molecule has 18 heavy (non-hydrogen) atoms. The Hall–Kier alpha value is -1.10. The number of nitrogens with zero attached hydrogens (tertiary/aromatic N) is 2. The highest BCUT2D eigenvalue weighted by Gasteiger charge is 2.44. The second-order valence-corrected chi connectivity index (χ2v) is 5.97. The summed E-state index contributed by atoms with van der Waals surface area (Å²) in [6, 6.07) is -0.694. The van der Waals surface area contributed by atoms with Crippen molar-refractivity contribution in [2.75, 3.05) is 27.2 Å². The summed E-state index contributed by atoms with van der Waals surface area (Å²) in [5.74, 6) is -0.943. The molecule has 0 aromatic carbocycles. The number of hydrogen-bond donors (Lipinski definition) is 1. The number of rotatable bonds is 4. The van der Waals surface area contributed by atoms with Crippen LogP contribution < -0.4 is 0 Å². The summed E-state index contributed by atoms with van der Waals surface area (Å²) >= 11 is 0. The first kappa shape index (κ1) is 15.0. The number of likely N-dealkylation sites (tertiary alicyclic amines) is 1. The number of carboxylic acids is 1. The van der Waals surface area contributed by atoms with E-state index < -0.39 is 12.0 Å². The molecule has 1 aliphatic rings. The minimum atomic E-state index is -0.891. The van der Waals surface area contributed by atoms with Crippen molar-refractivity contribution in [3.63, 3.8) is 0 Å². The van der Waals surface area contributed by atoms with Gasteiger partial charge in [0.1, 0.15) is 6.04 Å². The summed E-state index contributed by atoms with van der Waals surface area (Å²) in [5.41, 5.74) is -0.349. The van der Waals surface area contributed by atoms with E-state index in [1.165, 1.54) is 0 Å². The van der Waals surface area contributed by atoms with Crippen molar-refractivity contribution >= 4 is 11.9 Å². The molecule has 0 bridgehead atoms. The molecule has 0 aromatic rings. The quantitative estimate of drug-likeness (QED) is 0.816. The maximum absolute atomic E-state index is 12.1. The topological polar surface area (TPSA) is 60.9 Å². The molecular formula is C13H24N2O3. The molecule has 1 unspecified atom stereocenters. The first-order valence-corrected chi connectivity index (χ1v) is 6.43. The molecule has 1 rings (SSSR count). The zero-order chi connectivity index (χ0) is 13.9. The predicted octanol–water partition coefficient (Wildman–Crippen LogP) is 1.04. The van der Waals surface area contributed by atoms with Crippen LogP contribution in [0.25, 0.3) is 0 Å². The minimum Gasteiger partial charge on any atom is -0.480 e. The predicted molar refractivity (Wildman–Crippen MR) is 69.3 cm³/mol. The molecule has 0 aliphatic carbocycles. The van der Waals surface area contributed by atoms with Crippen molar-refractivity contribution in [1.29, 1.82) is 0 Å². The standard InChI is InChI=1S/C13H24N2O3/c1-13(2)7-5-8-15(11(13)12(17)18)10(16)6-9-14(3)4/h11H,5-9H2,1-4H3,(H,17,18). The summed E-state index contributed by atoms with van der Waals surface area (Å²) in [6.07, 6.45) is 2.11. The van der Waals surface area contributed by atoms with Gasteiger partial charge in [0, 0.05) is 19.5 Å². The first-order chi connectivity index (χ1) is 8.25. The molecule has 1 amide bonds. The Morgan fingerprint density at radius 2 is 2.00 bits per heavy atom. The maximum atomic E-state index is 12.1. The summed E-state index contributed by atoms with van der Waals surface area (Å²) < 4.78 is 0. The number of carboxylic acid groups (broad SMARTS) is 1. The number of aliphatic carboxylic acids is 1. The molecule has 1 fully saturated rings. The lowest BCUT2D eigenvalue weighted by molar-refractivity contribution is -0.159. The van der Waals surface area contributed by atoms with Crippen LogP contribution >= 0.6 is 0 Å². The molecule has 5 nitrogen and oxygen atoms in total. The van der Waals surface area contributed by atoms with Gasteiger partial charge in [0.25, 0.3) is 0 Å². The lowest BCUT2D eigenvalue weighted by Crippen LogP contribution is -2.56. The Balaban J connectivity index is 2.78. The third-order valence-corrected chi connectivity index (χ3v) is 3.60. The van der Waals surface area contributed by atoms with Crippen LogP contribution in [0.5, 0.6) is 0 Å². The molecule has 1 saturated heterocycles. The first-order valence-electron chi connectivity index (χ1n) is 6.43. The summed E-state index contributed by atoms with van der Waals surface area (Å²) in [5, 5.41) is 9.37. The Morgan fingerprint density at radius 1 is 1.39 bits per heavy atom. The summed E-state index contributed by atoms with van der Waals surface area (Å²) in [7, 11) is 3.81. The van der Waals surface area contributed by atoms with E-state index in [1.807, 2.05) is 32.8 Å². The molecule has 1 N–H and O–H groups in total. The third kappa shape index (κ3) is 3.45. The highest BCUT2D eigenvalue weighted by Crippen LogP contribution is 2.35. The molecular weight excluding hydrogens is 232 g/mol. The average molecular weight is 256 g/mol. The van der Waals surface area contributed by atoms with Crippen molar-refractivity contribution in [3.8, 4) is 0 Å². The van der Waals surface area contributed by atoms with Gasteiger partial charge in [0.15, 0.2) is 0 Å². The largest absolute Gasteiger partial charge is 0.480 e. The van der Waals surface area contributed by atoms with Crippen molar-refractivity contribution in [1.82, 2.24) is 9.80 Å². The van der Waals surface area contributed by atoms with Gasteiger partial charge in [0.2, 0.25) is 5.91 Å². The van der Waals surface area contributed by atoms with E-state index in [2.05, 4.69) is 0 Å². The highest BCUT2D eigenvalue weighted by molar-refractivity contribution is 5.84. The maximum Gasteiger partial charge on any atom is 0.326 e. The van der Waals surface area contributed by atoms with Gasteiger partial charge in [-0.2, -0.15) is 0 Å². The number of carbonyl (C=O) groups excluding carboxylic acids is 1. The van der Waals surface area contributed by atoms with E-state index in [-0.39, 0.29) is 11.3 Å². The van der Waals surface area contributed by atoms with Crippen LogP contribution in [0.15, 0.2) is 0 Å². The Morgan fingerprint density at radius 3 is 2.50 bits per heavy atom. The Bertz CT molecular complexity index is 326. The van der Waals surface area contributed by atoms with Gasteiger partial charge in [-0.25, -0.2) is 4.79 Å². The molecule has 1 heterocycles. The molecule has 104 valence electrons. The van der Waals surface area contributed by atoms with Crippen LogP contribution in [0.2, 0.25) is 0 Å². The van der Waals surface area contributed by atoms with Gasteiger partial charge in [-0.15, -0.1) is 0 Å². The summed E-state index contributed by atoms with van der Waals surface area (Å²) in [4.78, 5) is 27.0. The van der Waals surface area contributed by atoms with E-state index in [0.717, 1.165) is 12.8 Å². The second kappa shape index (κ2) is 5.69. The zero-order valence-corrected chi connectivity index (χ0v) is 11.8. The van der Waals surface area contributed by atoms with E-state index in [9.17, 15) is 14.7 Å². The lowest BCUT2D eigenvalue weighted by Gasteiger charge is -2.44. The van der Waals surface area contributed by atoms with Crippen molar-refractivity contribution in [2.24, 2.45) is 5.41 Å². The minimum absolute atomic E-state index is 0.0520. The normalized spacial score (nSPS) is 23.2.